The maximum Gasteiger partial charge on any atom is 0.101 e. The second-order valence-electron chi connectivity index (χ2n) is 3.55. The van der Waals surface area contributed by atoms with Crippen LogP contribution < -0.4 is 0 Å². The summed E-state index contributed by atoms with van der Waals surface area (Å²) in [4.78, 5) is 2.00. The molecule has 0 aromatic rings. The summed E-state index contributed by atoms with van der Waals surface area (Å²) in [5.74, 6) is 0. The number of hydrogen-bond donors (Lipinski definition) is 0. The molecule has 3 heteroatoms. The molecule has 0 spiro atoms. The molecule has 0 heterocycles. The van der Waals surface area contributed by atoms with Gasteiger partial charge in [-0.15, -0.1) is 0 Å². The molecular weight excluding hydrogens is 154 g/mol. The quantitative estimate of drug-likeness (QED) is 0.573. The summed E-state index contributed by atoms with van der Waals surface area (Å²) in [5.41, 5.74) is 0. The Labute approximate surface area is 75.6 Å². The van der Waals surface area contributed by atoms with Crippen molar-refractivity contribution in [1.29, 1.82) is 0 Å². The Morgan fingerprint density at radius 2 is 1.25 bits per heavy atom. The predicted molar refractivity (Wildman–Crippen MR) is 49.9 cm³/mol. The fourth-order valence-corrected chi connectivity index (χ4v) is 0.590. The Balaban J connectivity index is 3.27. The summed E-state index contributed by atoms with van der Waals surface area (Å²) in [6.45, 7) is 9.36. The van der Waals surface area contributed by atoms with Gasteiger partial charge in [-0.25, -0.2) is 0 Å². The van der Waals surface area contributed by atoms with Crippen molar-refractivity contribution in [2.24, 2.45) is 0 Å². The van der Waals surface area contributed by atoms with Crippen LogP contribution in [0, 0.1) is 0 Å². The fraction of sp³-hybridized carbons (Fsp3) is 1.00. The lowest BCUT2D eigenvalue weighted by atomic mass is 10.5. The predicted octanol–water partition coefficient (Wildman–Crippen LogP) is 1.68. The first-order valence-corrected chi connectivity index (χ1v) is 4.44. The smallest absolute Gasteiger partial charge is 0.101 e. The van der Waals surface area contributed by atoms with Crippen LogP contribution in [0.2, 0.25) is 0 Å². The van der Waals surface area contributed by atoms with E-state index >= 15 is 0 Å². The second kappa shape index (κ2) is 6.40. The lowest BCUT2D eigenvalue weighted by molar-refractivity contribution is -0.0642. The van der Waals surface area contributed by atoms with Gasteiger partial charge in [0.25, 0.3) is 0 Å². The van der Waals surface area contributed by atoms with Crippen LogP contribution in [0.15, 0.2) is 0 Å². The van der Waals surface area contributed by atoms with Gasteiger partial charge in [0, 0.05) is 0 Å². The summed E-state index contributed by atoms with van der Waals surface area (Å²) in [5, 5.41) is 0. The van der Waals surface area contributed by atoms with Gasteiger partial charge in [0.1, 0.15) is 13.5 Å². The van der Waals surface area contributed by atoms with Gasteiger partial charge in [-0.3, -0.25) is 4.90 Å². The van der Waals surface area contributed by atoms with Crippen LogP contribution in [0.1, 0.15) is 27.7 Å². The fourth-order valence-electron chi connectivity index (χ4n) is 0.590. The molecule has 0 N–H and O–H groups in total. The standard InChI is InChI=1S/C9H21NO2/c1-8(2)11-6-10(5)7-12-9(3)4/h8-9H,6-7H2,1-5H3. The summed E-state index contributed by atoms with van der Waals surface area (Å²) in [7, 11) is 1.98. The molecule has 0 saturated carbocycles. The Morgan fingerprint density at radius 3 is 1.50 bits per heavy atom. The lowest BCUT2D eigenvalue weighted by Gasteiger charge is -2.19. The normalized spacial score (nSPS) is 12.0. The molecule has 0 saturated heterocycles. The average Bonchev–Trinajstić information content (AvgIpc) is 1.96. The highest BCUT2D eigenvalue weighted by molar-refractivity contribution is 4.40. The van der Waals surface area contributed by atoms with E-state index in [1.807, 2.05) is 39.6 Å². The molecule has 3 nitrogen and oxygen atoms in total. The highest BCUT2D eigenvalue weighted by Crippen LogP contribution is 1.93. The highest BCUT2D eigenvalue weighted by atomic mass is 16.5. The van der Waals surface area contributed by atoms with E-state index in [9.17, 15) is 0 Å². The largest absolute Gasteiger partial charge is 0.363 e. The van der Waals surface area contributed by atoms with Crippen molar-refractivity contribution in [3.8, 4) is 0 Å². The van der Waals surface area contributed by atoms with Crippen LogP contribution in [0.5, 0.6) is 0 Å². The summed E-state index contributed by atoms with van der Waals surface area (Å²) < 4.78 is 10.8. The maximum atomic E-state index is 5.38. The Morgan fingerprint density at radius 1 is 0.917 bits per heavy atom. The van der Waals surface area contributed by atoms with Crippen molar-refractivity contribution >= 4 is 0 Å². The molecule has 0 aliphatic rings. The molecule has 0 atom stereocenters. The molecule has 74 valence electrons. The van der Waals surface area contributed by atoms with E-state index in [0.29, 0.717) is 13.5 Å². The van der Waals surface area contributed by atoms with Crippen LogP contribution in [0.4, 0.5) is 0 Å². The van der Waals surface area contributed by atoms with Crippen LogP contribution in [0.3, 0.4) is 0 Å². The SMILES string of the molecule is CC(C)OCN(C)COC(C)C. The van der Waals surface area contributed by atoms with Crippen molar-refractivity contribution in [2.45, 2.75) is 39.9 Å². The third kappa shape index (κ3) is 7.98. The van der Waals surface area contributed by atoms with Gasteiger partial charge in [-0.2, -0.15) is 0 Å². The van der Waals surface area contributed by atoms with E-state index in [1.54, 1.807) is 0 Å². The summed E-state index contributed by atoms with van der Waals surface area (Å²) in [6, 6.07) is 0. The topological polar surface area (TPSA) is 21.7 Å². The molecule has 0 aromatic heterocycles. The first-order chi connectivity index (χ1) is 5.52. The van der Waals surface area contributed by atoms with Gasteiger partial charge in [0.05, 0.1) is 12.2 Å². The lowest BCUT2D eigenvalue weighted by Crippen LogP contribution is -2.27. The van der Waals surface area contributed by atoms with Gasteiger partial charge in [0.15, 0.2) is 0 Å². The van der Waals surface area contributed by atoms with Crippen LogP contribution >= 0.6 is 0 Å². The number of ether oxygens (including phenoxy) is 2. The average molecular weight is 175 g/mol. The summed E-state index contributed by atoms with van der Waals surface area (Å²) in [6.07, 6.45) is 0.568. The van der Waals surface area contributed by atoms with Gasteiger partial charge in [0.2, 0.25) is 0 Å². The minimum absolute atomic E-state index is 0.284. The molecule has 0 aliphatic carbocycles. The van der Waals surface area contributed by atoms with Crippen LogP contribution in [-0.4, -0.2) is 37.6 Å². The molecule has 0 fully saturated rings. The van der Waals surface area contributed by atoms with E-state index in [0.717, 1.165) is 0 Å². The number of nitrogens with zero attached hydrogens (tertiary/aromatic N) is 1. The van der Waals surface area contributed by atoms with E-state index in [4.69, 9.17) is 9.47 Å². The van der Waals surface area contributed by atoms with E-state index in [2.05, 4.69) is 0 Å². The Hall–Kier alpha value is -0.120. The zero-order chi connectivity index (χ0) is 9.56. The van der Waals surface area contributed by atoms with Gasteiger partial charge in [-0.05, 0) is 34.7 Å². The zero-order valence-electron chi connectivity index (χ0n) is 8.83. The van der Waals surface area contributed by atoms with Gasteiger partial charge in [-0.1, -0.05) is 0 Å². The van der Waals surface area contributed by atoms with E-state index < -0.39 is 0 Å². The molecule has 0 bridgehead atoms. The third-order valence-electron chi connectivity index (χ3n) is 1.26. The molecule has 0 aromatic carbocycles. The van der Waals surface area contributed by atoms with Crippen LogP contribution in [-0.2, 0) is 9.47 Å². The number of hydrogen-bond acceptors (Lipinski definition) is 3. The van der Waals surface area contributed by atoms with Crippen molar-refractivity contribution in [2.75, 3.05) is 20.5 Å². The van der Waals surface area contributed by atoms with Crippen LogP contribution in [0.25, 0.3) is 0 Å². The maximum absolute atomic E-state index is 5.38. The second-order valence-corrected chi connectivity index (χ2v) is 3.55. The molecule has 0 radical (unpaired) electrons. The van der Waals surface area contributed by atoms with Gasteiger partial charge >= 0.3 is 0 Å². The van der Waals surface area contributed by atoms with E-state index in [1.165, 1.54) is 0 Å². The van der Waals surface area contributed by atoms with Crippen molar-refractivity contribution in [3.63, 3.8) is 0 Å². The molecule has 0 aliphatic heterocycles. The van der Waals surface area contributed by atoms with Crippen molar-refractivity contribution in [3.05, 3.63) is 0 Å². The first kappa shape index (κ1) is 11.9. The van der Waals surface area contributed by atoms with Gasteiger partial charge < -0.3 is 9.47 Å². The molecule has 0 amide bonds. The molecule has 0 unspecified atom stereocenters. The first-order valence-electron chi connectivity index (χ1n) is 4.44. The Kier molecular flexibility index (Phi) is 6.34. The molecule has 12 heavy (non-hydrogen) atoms. The third-order valence-corrected chi connectivity index (χ3v) is 1.26. The Bertz CT molecular complexity index is 92.7. The minimum atomic E-state index is 0.284. The van der Waals surface area contributed by atoms with Crippen molar-refractivity contribution in [1.82, 2.24) is 4.90 Å². The highest BCUT2D eigenvalue weighted by Gasteiger charge is 2.00. The minimum Gasteiger partial charge on any atom is -0.363 e. The number of rotatable bonds is 6. The van der Waals surface area contributed by atoms with Crippen molar-refractivity contribution < 1.29 is 9.47 Å². The molecule has 0 rings (SSSR count). The zero-order valence-corrected chi connectivity index (χ0v) is 8.83. The van der Waals surface area contributed by atoms with E-state index in [-0.39, 0.29) is 12.2 Å². The monoisotopic (exact) mass is 175 g/mol. The molecular formula is C9H21NO2. The summed E-state index contributed by atoms with van der Waals surface area (Å²) >= 11 is 0.